The van der Waals surface area contributed by atoms with Gasteiger partial charge in [-0.05, 0) is 29.2 Å². The average Bonchev–Trinajstić information content (AvgIpc) is 2.47. The summed E-state index contributed by atoms with van der Waals surface area (Å²) in [4.78, 5) is 4.54. The quantitative estimate of drug-likeness (QED) is 0.922. The zero-order valence-corrected chi connectivity index (χ0v) is 14.0. The van der Waals surface area contributed by atoms with E-state index in [4.69, 9.17) is 0 Å². The molecular formula is C17H22N2O2S. The fraction of sp³-hybridized carbons (Fsp3) is 0.353. The van der Waals surface area contributed by atoms with Gasteiger partial charge in [0.15, 0.2) is 0 Å². The maximum atomic E-state index is 12.6. The molecule has 0 unspecified atom stereocenters. The van der Waals surface area contributed by atoms with Gasteiger partial charge in [0, 0.05) is 24.9 Å². The third-order valence-corrected chi connectivity index (χ3v) is 4.90. The van der Waals surface area contributed by atoms with E-state index in [0.717, 1.165) is 11.3 Å². The molecule has 0 aliphatic heterocycles. The van der Waals surface area contributed by atoms with Crippen molar-refractivity contribution < 1.29 is 8.42 Å². The Morgan fingerprint density at radius 3 is 2.36 bits per heavy atom. The second-order valence-electron chi connectivity index (χ2n) is 6.22. The van der Waals surface area contributed by atoms with E-state index in [9.17, 15) is 8.42 Å². The molecule has 22 heavy (non-hydrogen) atoms. The van der Waals surface area contributed by atoms with E-state index in [1.165, 1.54) is 0 Å². The van der Waals surface area contributed by atoms with Gasteiger partial charge < -0.3 is 0 Å². The Bertz CT molecular complexity index is 720. The number of nitrogens with one attached hydrogen (secondary N) is 1. The maximum absolute atomic E-state index is 12.6. The standard InChI is InChI=1S/C17H22N2O2S/c1-17(2,3)15-9-4-5-10-16(15)22(20,21)19-13-11-14-8-6-7-12-18-14/h4-10,12,19H,11,13H2,1-3H3. The highest BCUT2D eigenvalue weighted by Gasteiger charge is 2.24. The van der Waals surface area contributed by atoms with Crippen LogP contribution in [0.5, 0.6) is 0 Å². The fourth-order valence-electron chi connectivity index (χ4n) is 2.26. The van der Waals surface area contributed by atoms with Crippen LogP contribution in [-0.2, 0) is 21.9 Å². The highest BCUT2D eigenvalue weighted by Crippen LogP contribution is 2.28. The van der Waals surface area contributed by atoms with Crippen LogP contribution in [0.2, 0.25) is 0 Å². The maximum Gasteiger partial charge on any atom is 0.240 e. The van der Waals surface area contributed by atoms with Gasteiger partial charge in [0.05, 0.1) is 4.90 Å². The molecule has 0 fully saturated rings. The lowest BCUT2D eigenvalue weighted by Crippen LogP contribution is -2.29. The van der Waals surface area contributed by atoms with Crippen molar-refractivity contribution in [2.75, 3.05) is 6.54 Å². The van der Waals surface area contributed by atoms with Crippen LogP contribution in [0.3, 0.4) is 0 Å². The van der Waals surface area contributed by atoms with Gasteiger partial charge in [-0.1, -0.05) is 45.0 Å². The summed E-state index contributed by atoms with van der Waals surface area (Å²) in [7, 11) is -3.52. The van der Waals surface area contributed by atoms with Gasteiger partial charge in [0.1, 0.15) is 0 Å². The van der Waals surface area contributed by atoms with Crippen molar-refractivity contribution in [1.29, 1.82) is 0 Å². The Hall–Kier alpha value is -1.72. The molecule has 0 bridgehead atoms. The topological polar surface area (TPSA) is 59.1 Å². The highest BCUT2D eigenvalue weighted by molar-refractivity contribution is 7.89. The highest BCUT2D eigenvalue weighted by atomic mass is 32.2. The number of aromatic nitrogens is 1. The average molecular weight is 318 g/mol. The summed E-state index contributed by atoms with van der Waals surface area (Å²) in [5.41, 5.74) is 1.46. The van der Waals surface area contributed by atoms with Crippen molar-refractivity contribution in [1.82, 2.24) is 9.71 Å². The molecule has 0 atom stereocenters. The third kappa shape index (κ3) is 4.15. The number of rotatable bonds is 5. The fourth-order valence-corrected chi connectivity index (χ4v) is 3.71. The van der Waals surface area contributed by atoms with Gasteiger partial charge in [-0.25, -0.2) is 13.1 Å². The normalized spacial score (nSPS) is 12.3. The first-order valence-electron chi connectivity index (χ1n) is 7.30. The minimum Gasteiger partial charge on any atom is -0.261 e. The molecule has 0 saturated heterocycles. The monoisotopic (exact) mass is 318 g/mol. The second kappa shape index (κ2) is 6.58. The number of hydrogen-bond acceptors (Lipinski definition) is 3. The SMILES string of the molecule is CC(C)(C)c1ccccc1S(=O)(=O)NCCc1ccccn1. The van der Waals surface area contributed by atoms with E-state index in [2.05, 4.69) is 9.71 Å². The Labute approximate surface area is 132 Å². The van der Waals surface area contributed by atoms with Crippen molar-refractivity contribution in [3.05, 3.63) is 59.9 Å². The van der Waals surface area contributed by atoms with E-state index in [0.29, 0.717) is 17.9 Å². The minimum atomic E-state index is -3.52. The third-order valence-electron chi connectivity index (χ3n) is 3.38. The van der Waals surface area contributed by atoms with Crippen LogP contribution in [-0.4, -0.2) is 19.9 Å². The summed E-state index contributed by atoms with van der Waals surface area (Å²) in [5.74, 6) is 0. The molecule has 1 aromatic carbocycles. The number of sulfonamides is 1. The molecule has 0 radical (unpaired) electrons. The van der Waals surface area contributed by atoms with E-state index in [-0.39, 0.29) is 5.41 Å². The van der Waals surface area contributed by atoms with Crippen molar-refractivity contribution in [3.8, 4) is 0 Å². The summed E-state index contributed by atoms with van der Waals surface area (Å²) in [6.07, 6.45) is 2.27. The summed E-state index contributed by atoms with van der Waals surface area (Å²) in [6, 6.07) is 12.8. The largest absolute Gasteiger partial charge is 0.261 e. The molecule has 0 amide bonds. The van der Waals surface area contributed by atoms with Crippen molar-refractivity contribution in [2.24, 2.45) is 0 Å². The molecule has 1 aromatic heterocycles. The number of pyridine rings is 1. The zero-order valence-electron chi connectivity index (χ0n) is 13.2. The second-order valence-corrected chi connectivity index (χ2v) is 7.95. The Morgan fingerprint density at radius 1 is 1.05 bits per heavy atom. The van der Waals surface area contributed by atoms with Gasteiger partial charge in [-0.15, -0.1) is 0 Å². The minimum absolute atomic E-state index is 0.230. The van der Waals surface area contributed by atoms with E-state index >= 15 is 0 Å². The van der Waals surface area contributed by atoms with Gasteiger partial charge in [-0.3, -0.25) is 4.98 Å². The molecule has 4 nitrogen and oxygen atoms in total. The summed E-state index contributed by atoms with van der Waals surface area (Å²) >= 11 is 0. The summed E-state index contributed by atoms with van der Waals surface area (Å²) in [6.45, 7) is 6.36. The van der Waals surface area contributed by atoms with Crippen LogP contribution in [0.1, 0.15) is 32.0 Å². The lowest BCUT2D eigenvalue weighted by Gasteiger charge is -2.22. The predicted octanol–water partition coefficient (Wildman–Crippen LogP) is 2.90. The molecular weight excluding hydrogens is 296 g/mol. The van der Waals surface area contributed by atoms with Crippen LogP contribution in [0.25, 0.3) is 0 Å². The van der Waals surface area contributed by atoms with Crippen LogP contribution < -0.4 is 4.72 Å². The smallest absolute Gasteiger partial charge is 0.240 e. The van der Waals surface area contributed by atoms with Gasteiger partial charge in [0.25, 0.3) is 0 Å². The first-order valence-corrected chi connectivity index (χ1v) is 8.78. The molecule has 1 heterocycles. The first kappa shape index (κ1) is 16.6. The molecule has 5 heteroatoms. The van der Waals surface area contributed by atoms with Gasteiger partial charge in [-0.2, -0.15) is 0 Å². The van der Waals surface area contributed by atoms with Crippen molar-refractivity contribution in [3.63, 3.8) is 0 Å². The number of nitrogens with zero attached hydrogens (tertiary/aromatic N) is 1. The lowest BCUT2D eigenvalue weighted by molar-refractivity contribution is 0.554. The summed E-state index contributed by atoms with van der Waals surface area (Å²) < 4.78 is 27.8. The first-order chi connectivity index (χ1) is 10.3. The summed E-state index contributed by atoms with van der Waals surface area (Å²) in [5, 5.41) is 0. The van der Waals surface area contributed by atoms with Crippen LogP contribution in [0.15, 0.2) is 53.6 Å². The molecule has 1 N–H and O–H groups in total. The molecule has 0 aliphatic carbocycles. The molecule has 2 aromatic rings. The Balaban J connectivity index is 2.14. The Kier molecular flexibility index (Phi) is 4.98. The van der Waals surface area contributed by atoms with Gasteiger partial charge in [0.2, 0.25) is 10.0 Å². The molecule has 2 rings (SSSR count). The molecule has 0 saturated carbocycles. The number of hydrogen-bond donors (Lipinski definition) is 1. The van der Waals surface area contributed by atoms with Crippen molar-refractivity contribution in [2.45, 2.75) is 37.5 Å². The van der Waals surface area contributed by atoms with E-state index in [1.807, 2.05) is 51.1 Å². The predicted molar refractivity (Wildman–Crippen MR) is 88.3 cm³/mol. The van der Waals surface area contributed by atoms with E-state index in [1.54, 1.807) is 18.3 Å². The van der Waals surface area contributed by atoms with Crippen LogP contribution in [0.4, 0.5) is 0 Å². The van der Waals surface area contributed by atoms with Crippen LogP contribution >= 0.6 is 0 Å². The van der Waals surface area contributed by atoms with Crippen LogP contribution in [0, 0.1) is 0 Å². The molecule has 0 aliphatic rings. The number of benzene rings is 1. The molecule has 118 valence electrons. The zero-order chi connectivity index (χ0) is 16.2. The van der Waals surface area contributed by atoms with Crippen molar-refractivity contribution >= 4 is 10.0 Å². The molecule has 0 spiro atoms. The lowest BCUT2D eigenvalue weighted by atomic mass is 9.87. The Morgan fingerprint density at radius 2 is 1.73 bits per heavy atom. The van der Waals surface area contributed by atoms with Gasteiger partial charge >= 0.3 is 0 Å². The van der Waals surface area contributed by atoms with E-state index < -0.39 is 10.0 Å².